The molecule has 0 radical (unpaired) electrons. The lowest BCUT2D eigenvalue weighted by Crippen LogP contribution is -2.53. The Balaban J connectivity index is 1.64. The number of nitrogens with zero attached hydrogens (tertiary/aromatic N) is 2. The summed E-state index contributed by atoms with van der Waals surface area (Å²) in [4.78, 5) is 44.4. The fourth-order valence-corrected chi connectivity index (χ4v) is 4.91. The highest BCUT2D eigenvalue weighted by Gasteiger charge is 2.40. The van der Waals surface area contributed by atoms with Crippen molar-refractivity contribution in [3.8, 4) is 10.6 Å². The van der Waals surface area contributed by atoms with E-state index < -0.39 is 41.6 Å². The molecule has 0 spiro atoms. The quantitative estimate of drug-likeness (QED) is 0.529. The molecule has 2 aromatic heterocycles. The number of hydrogen-bond acceptors (Lipinski definition) is 9. The number of nitrogens with one attached hydrogen (secondary N) is 2. The van der Waals surface area contributed by atoms with E-state index in [4.69, 9.17) is 14.2 Å². The van der Waals surface area contributed by atoms with E-state index in [-0.39, 0.29) is 48.3 Å². The van der Waals surface area contributed by atoms with Crippen LogP contribution in [0.25, 0.3) is 10.6 Å². The highest BCUT2D eigenvalue weighted by molar-refractivity contribution is 7.13. The zero-order chi connectivity index (χ0) is 27.6. The van der Waals surface area contributed by atoms with Gasteiger partial charge in [-0.3, -0.25) is 4.79 Å². The van der Waals surface area contributed by atoms with E-state index >= 15 is 4.39 Å². The normalized spacial score (nSPS) is 19.3. The lowest BCUT2D eigenvalue weighted by atomic mass is 10.0. The molecule has 1 saturated heterocycles. The number of imide groups is 1. The Morgan fingerprint density at radius 2 is 2.08 bits per heavy atom. The van der Waals surface area contributed by atoms with Crippen LogP contribution in [0.5, 0.6) is 0 Å². The molecule has 2 aliphatic rings. The molecule has 2 aliphatic heterocycles. The minimum absolute atomic E-state index is 0.0485. The van der Waals surface area contributed by atoms with Crippen LogP contribution >= 0.6 is 11.3 Å². The number of hydrogen-bond donors (Lipinski definition) is 2. The first-order valence-corrected chi connectivity index (χ1v) is 13.4. The molecule has 10 nitrogen and oxygen atoms in total. The Labute approximate surface area is 224 Å². The maximum Gasteiger partial charge on any atom is 0.417 e. The monoisotopic (exact) mass is 548 g/mol. The molecule has 0 bridgehead atoms. The largest absolute Gasteiger partial charge is 0.449 e. The Morgan fingerprint density at radius 1 is 1.32 bits per heavy atom. The molecule has 4 heterocycles. The lowest BCUT2D eigenvalue weighted by molar-refractivity contribution is 0.0317. The zero-order valence-electron chi connectivity index (χ0n) is 22.1. The summed E-state index contributed by atoms with van der Waals surface area (Å²) in [7, 11) is 0. The van der Waals surface area contributed by atoms with Crippen LogP contribution in [-0.2, 0) is 20.8 Å². The molecule has 3 amide bonds. The number of alkyl carbamates (subject to hydrolysis) is 1. The molecule has 0 saturated carbocycles. The van der Waals surface area contributed by atoms with Crippen molar-refractivity contribution in [3.05, 3.63) is 34.5 Å². The predicted molar refractivity (Wildman–Crippen MR) is 140 cm³/mol. The molecule has 38 heavy (non-hydrogen) atoms. The highest BCUT2D eigenvalue weighted by atomic mass is 32.1. The SMILES string of the molecule is CC(C)COC(=O)N1Cc2c(F)c(N[C@@H]3CCOC[C@@H]3NC(=O)OC(C)(C)C)nc(-c3cccs3)c2C1=O. The summed E-state index contributed by atoms with van der Waals surface area (Å²) in [6.45, 7) is 9.53. The summed E-state index contributed by atoms with van der Waals surface area (Å²) >= 11 is 1.35. The van der Waals surface area contributed by atoms with Gasteiger partial charge in [0.15, 0.2) is 11.6 Å². The van der Waals surface area contributed by atoms with Gasteiger partial charge >= 0.3 is 12.2 Å². The number of carbonyl (C=O) groups is 3. The standard InChI is InChI=1S/C26H33FN4O6S/c1-14(2)12-36-25(34)31-11-15-19(23(31)32)21(18-7-6-10-38-18)30-22(20(15)27)28-16-8-9-35-13-17(16)29-24(33)37-26(3,4)5/h6-7,10,14,16-17H,8-9,11-13H2,1-5H3,(H,28,30)(H,29,33)/t16-,17+/m1/s1. The van der Waals surface area contributed by atoms with E-state index in [9.17, 15) is 14.4 Å². The summed E-state index contributed by atoms with van der Waals surface area (Å²) < 4.78 is 32.0. The van der Waals surface area contributed by atoms with Gasteiger partial charge in [-0.2, -0.15) is 0 Å². The van der Waals surface area contributed by atoms with Gasteiger partial charge in [-0.25, -0.2) is 23.9 Å². The summed E-state index contributed by atoms with van der Waals surface area (Å²) in [5.74, 6) is -1.36. The number of amides is 3. The maximum absolute atomic E-state index is 15.9. The lowest BCUT2D eigenvalue weighted by Gasteiger charge is -2.33. The van der Waals surface area contributed by atoms with Crippen LogP contribution in [0.1, 0.15) is 57.0 Å². The number of thiophene rings is 1. The first-order valence-electron chi connectivity index (χ1n) is 12.5. The van der Waals surface area contributed by atoms with Gasteiger partial charge in [0.25, 0.3) is 5.91 Å². The summed E-state index contributed by atoms with van der Waals surface area (Å²) in [5.41, 5.74) is -0.277. The van der Waals surface area contributed by atoms with Crippen LogP contribution in [0.2, 0.25) is 0 Å². The molecule has 2 N–H and O–H groups in total. The van der Waals surface area contributed by atoms with Gasteiger partial charge in [0.05, 0.1) is 48.0 Å². The van der Waals surface area contributed by atoms with Crippen LogP contribution in [0.3, 0.4) is 0 Å². The number of fused-ring (bicyclic) bond motifs is 1. The average Bonchev–Trinajstić information content (AvgIpc) is 3.48. The topological polar surface area (TPSA) is 119 Å². The number of halogens is 1. The van der Waals surface area contributed by atoms with E-state index in [1.54, 1.807) is 32.9 Å². The van der Waals surface area contributed by atoms with Crippen LogP contribution < -0.4 is 10.6 Å². The third-order valence-corrected chi connectivity index (χ3v) is 6.78. The average molecular weight is 549 g/mol. The van der Waals surface area contributed by atoms with E-state index in [1.165, 1.54) is 11.3 Å². The summed E-state index contributed by atoms with van der Waals surface area (Å²) in [5, 5.41) is 7.74. The Bertz CT molecular complexity index is 1200. The minimum Gasteiger partial charge on any atom is -0.449 e. The van der Waals surface area contributed by atoms with E-state index in [0.29, 0.717) is 17.9 Å². The Kier molecular flexibility index (Phi) is 8.22. The van der Waals surface area contributed by atoms with Gasteiger partial charge in [0.1, 0.15) is 5.60 Å². The molecule has 0 unspecified atom stereocenters. The predicted octanol–water partition coefficient (Wildman–Crippen LogP) is 4.79. The van der Waals surface area contributed by atoms with Crippen molar-refractivity contribution in [1.29, 1.82) is 0 Å². The Hall–Kier alpha value is -3.25. The number of carbonyl (C=O) groups excluding carboxylic acids is 3. The molecular weight excluding hydrogens is 515 g/mol. The molecule has 2 aromatic rings. The minimum atomic E-state index is -0.822. The molecule has 4 rings (SSSR count). The molecule has 2 atom stereocenters. The molecular formula is C26H33FN4O6S. The number of aromatic nitrogens is 1. The summed E-state index contributed by atoms with van der Waals surface area (Å²) in [6, 6.07) is 2.65. The van der Waals surface area contributed by atoms with Crippen molar-refractivity contribution in [2.24, 2.45) is 5.92 Å². The van der Waals surface area contributed by atoms with Crippen molar-refractivity contribution in [2.45, 2.75) is 65.3 Å². The summed E-state index contributed by atoms with van der Waals surface area (Å²) in [6.07, 6.45) is -0.959. The third-order valence-electron chi connectivity index (χ3n) is 5.91. The second-order valence-electron chi connectivity index (χ2n) is 10.7. The first kappa shape index (κ1) is 27.8. The second-order valence-corrected chi connectivity index (χ2v) is 11.6. The Morgan fingerprint density at radius 3 is 2.74 bits per heavy atom. The zero-order valence-corrected chi connectivity index (χ0v) is 22.9. The molecule has 1 fully saturated rings. The molecule has 206 valence electrons. The van der Waals surface area contributed by atoms with Gasteiger partial charge in [-0.1, -0.05) is 19.9 Å². The highest BCUT2D eigenvalue weighted by Crippen LogP contribution is 2.38. The van der Waals surface area contributed by atoms with Crippen LogP contribution in [-0.4, -0.2) is 65.5 Å². The first-order chi connectivity index (χ1) is 17.9. The van der Waals surface area contributed by atoms with Crippen molar-refractivity contribution < 1.29 is 33.0 Å². The molecule has 0 aliphatic carbocycles. The van der Waals surface area contributed by atoms with Crippen LogP contribution in [0, 0.1) is 11.7 Å². The van der Waals surface area contributed by atoms with Crippen LogP contribution in [0.15, 0.2) is 17.5 Å². The van der Waals surface area contributed by atoms with Crippen molar-refractivity contribution in [1.82, 2.24) is 15.2 Å². The van der Waals surface area contributed by atoms with Crippen LogP contribution in [0.4, 0.5) is 19.8 Å². The van der Waals surface area contributed by atoms with Gasteiger partial charge < -0.3 is 24.8 Å². The maximum atomic E-state index is 15.9. The number of rotatable bonds is 6. The third kappa shape index (κ3) is 6.24. The van der Waals surface area contributed by atoms with Crippen molar-refractivity contribution in [3.63, 3.8) is 0 Å². The van der Waals surface area contributed by atoms with Gasteiger partial charge in [0.2, 0.25) is 0 Å². The van der Waals surface area contributed by atoms with Crippen molar-refractivity contribution in [2.75, 3.05) is 25.1 Å². The van der Waals surface area contributed by atoms with Gasteiger partial charge in [-0.15, -0.1) is 11.3 Å². The molecule has 12 heteroatoms. The van der Waals surface area contributed by atoms with E-state index in [2.05, 4.69) is 15.6 Å². The number of anilines is 1. The smallest absolute Gasteiger partial charge is 0.417 e. The molecule has 0 aromatic carbocycles. The fourth-order valence-electron chi connectivity index (χ4n) is 4.19. The van der Waals surface area contributed by atoms with Crippen molar-refractivity contribution >= 4 is 35.2 Å². The second kappa shape index (κ2) is 11.2. The fraction of sp³-hybridized carbons (Fsp3) is 0.538. The van der Waals surface area contributed by atoms with Gasteiger partial charge in [-0.05, 0) is 44.6 Å². The van der Waals surface area contributed by atoms with E-state index in [1.807, 2.05) is 19.2 Å². The van der Waals surface area contributed by atoms with Gasteiger partial charge in [0, 0.05) is 12.2 Å². The number of pyridine rings is 1. The number of ether oxygens (including phenoxy) is 3. The van der Waals surface area contributed by atoms with E-state index in [0.717, 1.165) is 4.90 Å².